The Labute approximate surface area is 139 Å². The summed E-state index contributed by atoms with van der Waals surface area (Å²) in [5.74, 6) is 0. The van der Waals surface area contributed by atoms with Crippen LogP contribution in [-0.4, -0.2) is 113 Å². The average Bonchev–Trinajstić information content (AvgIpc) is 1.00. The Morgan fingerprint density at radius 1 is 1.14 bits per heavy atom. The van der Waals surface area contributed by atoms with E-state index in [1.165, 1.54) is 0 Å². The monoisotopic (exact) mass is 730 g/mol. The van der Waals surface area contributed by atoms with Crippen LogP contribution in [0, 0.1) is 0 Å². The second kappa shape index (κ2) is 46.8. The predicted molar refractivity (Wildman–Crippen MR) is 49.0 cm³/mol. The van der Waals surface area contributed by atoms with E-state index >= 15 is 0 Å². The molecule has 0 aromatic heterocycles. The van der Waals surface area contributed by atoms with Crippen LogP contribution in [0.15, 0.2) is 0 Å². The second-order valence-corrected chi connectivity index (χ2v) is 0. The van der Waals surface area contributed by atoms with Crippen molar-refractivity contribution < 1.29 is 30.0 Å². The fourth-order valence-corrected chi connectivity index (χ4v) is 0. The summed E-state index contributed by atoms with van der Waals surface area (Å²) in [6, 6.07) is 0. The quantitative estimate of drug-likeness (QED) is 0.228. The molecule has 0 spiro atoms. The molecule has 0 aliphatic heterocycles. The third-order valence-corrected chi connectivity index (χ3v) is 0. The van der Waals surface area contributed by atoms with Gasteiger partial charge in [0.25, 0.3) is 0 Å². The summed E-state index contributed by atoms with van der Waals surface area (Å²) in [7, 11) is 0. The van der Waals surface area contributed by atoms with E-state index < -0.39 is 0 Å². The Morgan fingerprint density at radius 3 is 1.14 bits per heavy atom. The third-order valence-electron chi connectivity index (χ3n) is 0. The molecule has 0 atom stereocenters. The van der Waals surface area contributed by atoms with Crippen LogP contribution in [0.5, 0.6) is 0 Å². The van der Waals surface area contributed by atoms with Crippen LogP contribution in [0.1, 0.15) is 0 Å². The van der Waals surface area contributed by atoms with Gasteiger partial charge >= 0.3 is 116 Å². The summed E-state index contributed by atoms with van der Waals surface area (Å²) < 4.78 is 8.39. The molecule has 0 aromatic carbocycles. The number of hydrogen-bond acceptors (Lipinski definition) is 1. The normalized spacial score (nSPS) is 0.571. The first-order valence-corrected chi connectivity index (χ1v) is 1.79. The Morgan fingerprint density at radius 2 is 1.14 bits per heavy atom. The zero-order valence-corrected chi connectivity index (χ0v) is 9.54. The van der Waals surface area contributed by atoms with Crippen molar-refractivity contribution in [3.8, 4) is 0 Å². The number of hydrogen-bond donors (Lipinski definition) is 0. The molecule has 0 saturated heterocycles. The van der Waals surface area contributed by atoms with Crippen LogP contribution < -0.4 is 0 Å². The standard InChI is InChI=1S/Cd.Ga.GeH4.In.O.Pb.Sn.10H/h;;1H4;;;;;;;;;;;;;;. The molecule has 0 aliphatic carbocycles. The van der Waals surface area contributed by atoms with Crippen LogP contribution in [0.4, 0.5) is 0 Å². The first kappa shape index (κ1) is 41.9. The van der Waals surface area contributed by atoms with Crippen molar-refractivity contribution in [1.82, 2.24) is 0 Å². The van der Waals surface area contributed by atoms with Gasteiger partial charge in [0.05, 0.1) is 0 Å². The molecule has 0 unspecified atom stereocenters. The molecule has 0 fully saturated rings. The SMILES string of the molecule is [Cd].[GaH3].[GeH4].[InH3].[O]=[Pb].[SnH4]. The van der Waals surface area contributed by atoms with Crippen molar-refractivity contribution in [2.75, 3.05) is 0 Å². The second-order valence-electron chi connectivity index (χ2n) is 0. The van der Waals surface area contributed by atoms with E-state index in [1.807, 2.05) is 0 Å². The molecule has 0 N–H and O–H groups in total. The van der Waals surface area contributed by atoms with Gasteiger partial charge in [-0.1, -0.05) is 0 Å². The topological polar surface area (TPSA) is 17.1 Å². The molecule has 0 saturated carbocycles. The number of rotatable bonds is 0. The fourth-order valence-electron chi connectivity index (χ4n) is 0. The molecule has 0 rings (SSSR count). The molecule has 7 heavy (non-hydrogen) atoms. The van der Waals surface area contributed by atoms with Crippen LogP contribution in [0.2, 0.25) is 0 Å². The fraction of sp³-hybridized carbons (Fsp3) is 0. The minimum atomic E-state index is 0. The molecular weight excluding hydrogens is 711 g/mol. The molecule has 0 amide bonds. The molecule has 1 nitrogen and oxygen atoms in total. The van der Waals surface area contributed by atoms with Gasteiger partial charge < -0.3 is 0 Å². The zero-order valence-electron chi connectivity index (χ0n) is 1.62. The van der Waals surface area contributed by atoms with Gasteiger partial charge in [-0.3, -0.25) is 0 Å². The van der Waals surface area contributed by atoms with Gasteiger partial charge in [-0.25, -0.2) is 0 Å². The molecule has 0 bridgehead atoms. The van der Waals surface area contributed by atoms with E-state index in [9.17, 15) is 0 Å². The Balaban J connectivity index is -0.000000000500. The Hall–Kier alpha value is 4.49. The molecular formula is H14CdGaGeInOPbSn. The van der Waals surface area contributed by atoms with Gasteiger partial charge in [0, 0.05) is 27.3 Å². The van der Waals surface area contributed by atoms with Gasteiger partial charge in [0.1, 0.15) is 0 Å². The van der Waals surface area contributed by atoms with E-state index in [2.05, 4.69) is 0 Å². The van der Waals surface area contributed by atoms with E-state index in [1.54, 1.807) is 0 Å². The van der Waals surface area contributed by atoms with Crippen molar-refractivity contribution in [3.63, 3.8) is 0 Å². The van der Waals surface area contributed by atoms with E-state index in [0.717, 1.165) is 0 Å². The maximum atomic E-state index is 8.39. The maximum absolute atomic E-state index is 8.39. The summed E-state index contributed by atoms with van der Waals surface area (Å²) in [4.78, 5) is 0. The molecule has 40 valence electrons. The summed E-state index contributed by atoms with van der Waals surface area (Å²) >= 11 is 0.0556. The van der Waals surface area contributed by atoms with Gasteiger partial charge in [0.15, 0.2) is 0 Å². The molecule has 2 radical (unpaired) electrons. The first-order valence-electron chi connectivity index (χ1n) is 0.204. The molecule has 0 aliphatic rings. The predicted octanol–water partition coefficient (Wildman–Crippen LogP) is -5.77. The van der Waals surface area contributed by atoms with Crippen LogP contribution >= 0.6 is 0 Å². The molecule has 0 aromatic rings. The van der Waals surface area contributed by atoms with Crippen LogP contribution in [0.3, 0.4) is 0 Å². The average molecular weight is 726 g/mol. The van der Waals surface area contributed by atoms with E-state index in [4.69, 9.17) is 2.69 Å². The summed E-state index contributed by atoms with van der Waals surface area (Å²) in [5, 5.41) is 0. The zero-order chi connectivity index (χ0) is 2.00. The van der Waals surface area contributed by atoms with Gasteiger partial charge in [-0.05, 0) is 0 Å². The first-order chi connectivity index (χ1) is 1.00. The van der Waals surface area contributed by atoms with E-state index in [0.29, 0.717) is 0 Å². The van der Waals surface area contributed by atoms with Crippen molar-refractivity contribution in [2.45, 2.75) is 0 Å². The van der Waals surface area contributed by atoms with Crippen molar-refractivity contribution in [2.24, 2.45) is 0 Å². The molecule has 0 heterocycles. The summed E-state index contributed by atoms with van der Waals surface area (Å²) in [6.07, 6.45) is 0. The molecule has 7 heteroatoms. The minimum absolute atomic E-state index is 0. The van der Waals surface area contributed by atoms with Crippen molar-refractivity contribution >= 4 is 113 Å². The third kappa shape index (κ3) is 37.5. The Bertz CT molecular complexity index is 19.7. The van der Waals surface area contributed by atoms with Crippen molar-refractivity contribution in [1.29, 1.82) is 0 Å². The Kier molecular flexibility index (Phi) is 281. The van der Waals surface area contributed by atoms with Crippen LogP contribution in [0.25, 0.3) is 0 Å². The van der Waals surface area contributed by atoms with E-state index in [-0.39, 0.29) is 140 Å². The van der Waals surface area contributed by atoms with Crippen LogP contribution in [-0.2, 0) is 30.0 Å². The van der Waals surface area contributed by atoms with Gasteiger partial charge in [0.2, 0.25) is 0 Å². The van der Waals surface area contributed by atoms with Gasteiger partial charge in [-0.2, -0.15) is 0 Å². The van der Waals surface area contributed by atoms with Crippen molar-refractivity contribution in [3.05, 3.63) is 0 Å². The summed E-state index contributed by atoms with van der Waals surface area (Å²) in [5.41, 5.74) is 0. The summed E-state index contributed by atoms with van der Waals surface area (Å²) in [6.45, 7) is 0. The van der Waals surface area contributed by atoms with Gasteiger partial charge in [-0.15, -0.1) is 0 Å².